The molecule has 0 radical (unpaired) electrons. The van der Waals surface area contributed by atoms with Gasteiger partial charge in [-0.2, -0.15) is 8.78 Å². The van der Waals surface area contributed by atoms with E-state index < -0.39 is 12.7 Å². The molecule has 0 spiro atoms. The predicted molar refractivity (Wildman–Crippen MR) is 91.6 cm³/mol. The lowest BCUT2D eigenvalue weighted by Gasteiger charge is -2.29. The third-order valence-corrected chi connectivity index (χ3v) is 4.53. The SMILES string of the molecule is CCC(C)C(N)C(=O)NC1CCCc2cc(OC(F)F)ccc21.Cl. The van der Waals surface area contributed by atoms with E-state index in [0.717, 1.165) is 36.8 Å². The number of alkyl halides is 2. The van der Waals surface area contributed by atoms with Crippen molar-refractivity contribution in [3.8, 4) is 5.75 Å². The molecule has 1 aliphatic carbocycles. The first-order valence-electron chi connectivity index (χ1n) is 8.06. The average molecular weight is 363 g/mol. The van der Waals surface area contributed by atoms with Crippen molar-refractivity contribution in [3.63, 3.8) is 0 Å². The number of aryl methyl sites for hydroxylation is 1. The van der Waals surface area contributed by atoms with Crippen molar-refractivity contribution in [1.82, 2.24) is 5.32 Å². The number of carbonyl (C=O) groups excluding carboxylic acids is 1. The lowest BCUT2D eigenvalue weighted by molar-refractivity contribution is -0.124. The van der Waals surface area contributed by atoms with Crippen molar-refractivity contribution >= 4 is 18.3 Å². The lowest BCUT2D eigenvalue weighted by atomic mass is 9.87. The second kappa shape index (κ2) is 9.18. The van der Waals surface area contributed by atoms with Crippen LogP contribution in [-0.2, 0) is 11.2 Å². The van der Waals surface area contributed by atoms with E-state index >= 15 is 0 Å². The van der Waals surface area contributed by atoms with Crippen LogP contribution in [0, 0.1) is 5.92 Å². The van der Waals surface area contributed by atoms with Crippen molar-refractivity contribution in [1.29, 1.82) is 0 Å². The van der Waals surface area contributed by atoms with Gasteiger partial charge in [0.25, 0.3) is 0 Å². The quantitative estimate of drug-likeness (QED) is 0.813. The maximum Gasteiger partial charge on any atom is 0.387 e. The highest BCUT2D eigenvalue weighted by molar-refractivity contribution is 5.85. The Bertz CT molecular complexity index is 557. The summed E-state index contributed by atoms with van der Waals surface area (Å²) in [7, 11) is 0. The minimum Gasteiger partial charge on any atom is -0.435 e. The number of rotatable bonds is 6. The van der Waals surface area contributed by atoms with Crippen molar-refractivity contribution in [2.45, 2.75) is 58.2 Å². The highest BCUT2D eigenvalue weighted by Gasteiger charge is 2.26. The van der Waals surface area contributed by atoms with E-state index in [1.807, 2.05) is 13.8 Å². The van der Waals surface area contributed by atoms with Gasteiger partial charge in [0, 0.05) is 0 Å². The van der Waals surface area contributed by atoms with Crippen molar-refractivity contribution < 1.29 is 18.3 Å². The van der Waals surface area contributed by atoms with Crippen LogP contribution in [0.4, 0.5) is 8.78 Å². The zero-order chi connectivity index (χ0) is 17.0. The third-order valence-electron chi connectivity index (χ3n) is 4.53. The second-order valence-electron chi connectivity index (χ2n) is 6.10. The number of hydrogen-bond acceptors (Lipinski definition) is 3. The normalized spacial score (nSPS) is 19.0. The molecule has 3 N–H and O–H groups in total. The summed E-state index contributed by atoms with van der Waals surface area (Å²) in [6.07, 6.45) is 3.33. The maximum atomic E-state index is 12.3. The van der Waals surface area contributed by atoms with Crippen LogP contribution in [0.2, 0.25) is 0 Å². The number of amides is 1. The molecule has 0 aliphatic heterocycles. The van der Waals surface area contributed by atoms with Gasteiger partial charge >= 0.3 is 6.61 Å². The van der Waals surface area contributed by atoms with E-state index in [1.165, 1.54) is 6.07 Å². The van der Waals surface area contributed by atoms with E-state index in [2.05, 4.69) is 10.1 Å². The van der Waals surface area contributed by atoms with Crippen LogP contribution in [-0.4, -0.2) is 18.6 Å². The Balaban J connectivity index is 0.00000288. The summed E-state index contributed by atoms with van der Waals surface area (Å²) in [6, 6.07) is 4.25. The molecule has 0 aromatic heterocycles. The fraction of sp³-hybridized carbons (Fsp3) is 0.588. The van der Waals surface area contributed by atoms with Gasteiger partial charge < -0.3 is 15.8 Å². The Morgan fingerprint density at radius 3 is 2.79 bits per heavy atom. The van der Waals surface area contributed by atoms with Crippen molar-refractivity contribution in [2.24, 2.45) is 11.7 Å². The average Bonchev–Trinajstić information content (AvgIpc) is 2.52. The van der Waals surface area contributed by atoms with Gasteiger partial charge in [-0.25, -0.2) is 0 Å². The molecule has 0 fully saturated rings. The largest absolute Gasteiger partial charge is 0.435 e. The highest BCUT2D eigenvalue weighted by atomic mass is 35.5. The molecule has 24 heavy (non-hydrogen) atoms. The molecule has 0 saturated heterocycles. The fourth-order valence-electron chi connectivity index (χ4n) is 2.90. The van der Waals surface area contributed by atoms with Gasteiger partial charge in [-0.1, -0.05) is 26.3 Å². The molecule has 136 valence electrons. The molecule has 1 aromatic carbocycles. The molecule has 2 rings (SSSR count). The summed E-state index contributed by atoms with van der Waals surface area (Å²) in [6.45, 7) is 1.12. The predicted octanol–water partition coefficient (Wildman–Crippen LogP) is 3.58. The Morgan fingerprint density at radius 1 is 1.46 bits per heavy atom. The number of nitrogens with two attached hydrogens (primary N) is 1. The molecule has 0 heterocycles. The topological polar surface area (TPSA) is 64.4 Å². The monoisotopic (exact) mass is 362 g/mol. The standard InChI is InChI=1S/C17H24F2N2O2.ClH/c1-3-10(2)15(20)16(22)21-14-6-4-5-11-9-12(23-17(18)19)7-8-13(11)14;/h7-10,14-15,17H,3-6,20H2,1-2H3,(H,21,22);1H. The molecular formula is C17H25ClF2N2O2. The van der Waals surface area contributed by atoms with Gasteiger partial charge in [0.2, 0.25) is 5.91 Å². The molecule has 0 bridgehead atoms. The van der Waals surface area contributed by atoms with Gasteiger partial charge in [0.15, 0.2) is 0 Å². The molecule has 7 heteroatoms. The van der Waals surface area contributed by atoms with Crippen LogP contribution in [0.15, 0.2) is 18.2 Å². The Morgan fingerprint density at radius 2 is 2.17 bits per heavy atom. The van der Waals surface area contributed by atoms with E-state index in [-0.39, 0.29) is 36.0 Å². The van der Waals surface area contributed by atoms with E-state index in [1.54, 1.807) is 12.1 Å². The number of fused-ring (bicyclic) bond motifs is 1. The number of benzene rings is 1. The number of carbonyl (C=O) groups is 1. The van der Waals surface area contributed by atoms with Gasteiger partial charge in [-0.05, 0) is 48.4 Å². The molecule has 1 aromatic rings. The number of ether oxygens (including phenoxy) is 1. The third kappa shape index (κ3) is 5.05. The lowest BCUT2D eigenvalue weighted by Crippen LogP contribution is -2.46. The molecule has 1 amide bonds. The molecule has 4 nitrogen and oxygen atoms in total. The summed E-state index contributed by atoms with van der Waals surface area (Å²) in [5.41, 5.74) is 7.87. The zero-order valence-corrected chi connectivity index (χ0v) is 14.7. The molecule has 0 saturated carbocycles. The Labute approximate surface area is 147 Å². The van der Waals surface area contributed by atoms with E-state index in [4.69, 9.17) is 5.73 Å². The van der Waals surface area contributed by atoms with Crippen LogP contribution in [0.1, 0.15) is 50.3 Å². The summed E-state index contributed by atoms with van der Waals surface area (Å²) in [5, 5.41) is 3.00. The second-order valence-corrected chi connectivity index (χ2v) is 6.10. The fourth-order valence-corrected chi connectivity index (χ4v) is 2.90. The van der Waals surface area contributed by atoms with Crippen molar-refractivity contribution in [3.05, 3.63) is 29.3 Å². The maximum absolute atomic E-state index is 12.3. The Kier molecular flexibility index (Phi) is 7.90. The van der Waals surface area contributed by atoms with E-state index in [9.17, 15) is 13.6 Å². The van der Waals surface area contributed by atoms with Gasteiger partial charge in [-0.3, -0.25) is 4.79 Å². The molecule has 3 atom stereocenters. The summed E-state index contributed by atoms with van der Waals surface area (Å²) >= 11 is 0. The molecule has 3 unspecified atom stereocenters. The van der Waals surface area contributed by atoms with E-state index in [0.29, 0.717) is 0 Å². The summed E-state index contributed by atoms with van der Waals surface area (Å²) < 4.78 is 29.1. The van der Waals surface area contributed by atoms with Gasteiger partial charge in [0.1, 0.15) is 5.75 Å². The zero-order valence-electron chi connectivity index (χ0n) is 13.9. The smallest absolute Gasteiger partial charge is 0.387 e. The van der Waals surface area contributed by atoms with Crippen LogP contribution in [0.5, 0.6) is 5.75 Å². The van der Waals surface area contributed by atoms with Crippen LogP contribution in [0.25, 0.3) is 0 Å². The first kappa shape index (κ1) is 20.6. The minimum absolute atomic E-state index is 0. The highest BCUT2D eigenvalue weighted by Crippen LogP contribution is 2.32. The van der Waals surface area contributed by atoms with Gasteiger partial charge in [-0.15, -0.1) is 12.4 Å². The molecular weight excluding hydrogens is 338 g/mol. The molecule has 1 aliphatic rings. The minimum atomic E-state index is -2.83. The number of hydrogen-bond donors (Lipinski definition) is 2. The first-order valence-corrected chi connectivity index (χ1v) is 8.06. The van der Waals surface area contributed by atoms with Crippen molar-refractivity contribution in [2.75, 3.05) is 0 Å². The number of halogens is 3. The van der Waals surface area contributed by atoms with Gasteiger partial charge in [0.05, 0.1) is 12.1 Å². The summed E-state index contributed by atoms with van der Waals surface area (Å²) in [5.74, 6) is 0.104. The number of nitrogens with one attached hydrogen (secondary N) is 1. The van der Waals surface area contributed by atoms with Crippen LogP contribution in [0.3, 0.4) is 0 Å². The van der Waals surface area contributed by atoms with Crippen LogP contribution < -0.4 is 15.8 Å². The Hall–Kier alpha value is -1.40. The van der Waals surface area contributed by atoms with Crippen LogP contribution >= 0.6 is 12.4 Å². The summed E-state index contributed by atoms with van der Waals surface area (Å²) in [4.78, 5) is 12.3. The first-order chi connectivity index (χ1) is 10.9.